The number of ether oxygens (including phenoxy) is 1. The highest BCUT2D eigenvalue weighted by Gasteiger charge is 2.26. The molecule has 92 valence electrons. The van der Waals surface area contributed by atoms with Crippen molar-refractivity contribution in [2.75, 3.05) is 30.3 Å². The lowest BCUT2D eigenvalue weighted by Gasteiger charge is -2.24. The minimum atomic E-state index is 0.228. The molecule has 1 fully saturated rings. The van der Waals surface area contributed by atoms with E-state index in [-0.39, 0.29) is 6.04 Å². The number of anilines is 2. The standard InChI is InChI=1S/C11H17N5O/c12-7-1-3-16(5-7)10-8-6-17-4-2-9(8)14-11(13)15-10/h7H,1-6,12H2,(H2,13,14,15). The van der Waals surface area contributed by atoms with Crippen LogP contribution in [-0.2, 0) is 17.8 Å². The molecule has 1 unspecified atom stereocenters. The highest BCUT2D eigenvalue weighted by molar-refractivity contribution is 5.53. The van der Waals surface area contributed by atoms with E-state index in [4.69, 9.17) is 16.2 Å². The van der Waals surface area contributed by atoms with Gasteiger partial charge in [0.05, 0.1) is 18.9 Å². The predicted octanol–water partition coefficient (Wildman–Crippen LogP) is -0.331. The molecule has 0 aromatic carbocycles. The Balaban J connectivity index is 2.00. The maximum absolute atomic E-state index is 5.93. The average Bonchev–Trinajstić information content (AvgIpc) is 2.74. The molecule has 0 saturated carbocycles. The number of hydrogen-bond donors (Lipinski definition) is 2. The van der Waals surface area contributed by atoms with Crippen molar-refractivity contribution >= 4 is 11.8 Å². The second kappa shape index (κ2) is 4.12. The lowest BCUT2D eigenvalue weighted by Crippen LogP contribution is -2.29. The second-order valence-corrected chi connectivity index (χ2v) is 4.63. The van der Waals surface area contributed by atoms with Crippen molar-refractivity contribution in [2.45, 2.75) is 25.5 Å². The molecule has 1 aromatic rings. The van der Waals surface area contributed by atoms with Gasteiger partial charge in [0.2, 0.25) is 5.95 Å². The Morgan fingerprint density at radius 1 is 1.35 bits per heavy atom. The van der Waals surface area contributed by atoms with Crippen molar-refractivity contribution in [1.82, 2.24) is 9.97 Å². The molecule has 0 amide bonds. The van der Waals surface area contributed by atoms with Crippen LogP contribution in [0.2, 0.25) is 0 Å². The van der Waals surface area contributed by atoms with Crippen LogP contribution in [0.4, 0.5) is 11.8 Å². The number of nitrogens with two attached hydrogens (primary N) is 2. The quantitative estimate of drug-likeness (QED) is 0.692. The molecule has 3 heterocycles. The third-order valence-corrected chi connectivity index (χ3v) is 3.34. The number of nitrogen functional groups attached to an aromatic ring is 1. The summed E-state index contributed by atoms with van der Waals surface area (Å²) in [5.41, 5.74) is 13.8. The molecule has 0 bridgehead atoms. The fourth-order valence-electron chi connectivity index (χ4n) is 2.47. The maximum Gasteiger partial charge on any atom is 0.222 e. The number of aromatic nitrogens is 2. The zero-order valence-electron chi connectivity index (χ0n) is 9.72. The van der Waals surface area contributed by atoms with Gasteiger partial charge < -0.3 is 21.1 Å². The van der Waals surface area contributed by atoms with Crippen molar-refractivity contribution in [3.63, 3.8) is 0 Å². The Bertz CT molecular complexity index is 436. The fraction of sp³-hybridized carbons (Fsp3) is 0.636. The van der Waals surface area contributed by atoms with Crippen LogP contribution in [0.25, 0.3) is 0 Å². The first-order valence-corrected chi connectivity index (χ1v) is 5.97. The predicted molar refractivity (Wildman–Crippen MR) is 64.6 cm³/mol. The van der Waals surface area contributed by atoms with Gasteiger partial charge in [0.15, 0.2) is 0 Å². The van der Waals surface area contributed by atoms with E-state index in [0.717, 1.165) is 43.0 Å². The van der Waals surface area contributed by atoms with Crippen LogP contribution in [-0.4, -0.2) is 35.7 Å². The molecule has 2 aliphatic rings. The molecule has 17 heavy (non-hydrogen) atoms. The Morgan fingerprint density at radius 2 is 2.24 bits per heavy atom. The highest BCUT2D eigenvalue weighted by atomic mass is 16.5. The third kappa shape index (κ3) is 1.94. The van der Waals surface area contributed by atoms with Crippen molar-refractivity contribution in [3.8, 4) is 0 Å². The molecule has 3 rings (SSSR count). The van der Waals surface area contributed by atoms with Crippen LogP contribution in [0.5, 0.6) is 0 Å². The summed E-state index contributed by atoms with van der Waals surface area (Å²) in [6.07, 6.45) is 1.81. The van der Waals surface area contributed by atoms with Gasteiger partial charge in [0.1, 0.15) is 5.82 Å². The fourth-order valence-corrected chi connectivity index (χ4v) is 2.47. The summed E-state index contributed by atoms with van der Waals surface area (Å²) in [5.74, 6) is 1.27. The van der Waals surface area contributed by atoms with Crippen LogP contribution in [0.3, 0.4) is 0 Å². The summed E-state index contributed by atoms with van der Waals surface area (Å²) in [6.45, 7) is 3.06. The highest BCUT2D eigenvalue weighted by Crippen LogP contribution is 2.28. The molecule has 0 spiro atoms. The zero-order chi connectivity index (χ0) is 11.8. The SMILES string of the molecule is Nc1nc2c(c(N3CCC(N)C3)n1)COCC2. The van der Waals surface area contributed by atoms with Crippen LogP contribution in [0, 0.1) is 0 Å². The summed E-state index contributed by atoms with van der Waals surface area (Å²) in [4.78, 5) is 10.8. The first-order valence-electron chi connectivity index (χ1n) is 5.97. The minimum Gasteiger partial charge on any atom is -0.376 e. The molecule has 0 aliphatic carbocycles. The summed E-state index contributed by atoms with van der Waals surface area (Å²) in [7, 11) is 0. The van der Waals surface area contributed by atoms with Crippen LogP contribution >= 0.6 is 0 Å². The minimum absolute atomic E-state index is 0.228. The molecule has 1 saturated heterocycles. The lowest BCUT2D eigenvalue weighted by molar-refractivity contribution is 0.109. The van der Waals surface area contributed by atoms with E-state index in [0.29, 0.717) is 19.2 Å². The normalized spacial score (nSPS) is 23.8. The largest absolute Gasteiger partial charge is 0.376 e. The number of fused-ring (bicyclic) bond motifs is 1. The van der Waals surface area contributed by atoms with Crippen molar-refractivity contribution in [1.29, 1.82) is 0 Å². The van der Waals surface area contributed by atoms with Crippen molar-refractivity contribution in [3.05, 3.63) is 11.3 Å². The zero-order valence-corrected chi connectivity index (χ0v) is 9.72. The van der Waals surface area contributed by atoms with Crippen LogP contribution < -0.4 is 16.4 Å². The molecular weight excluding hydrogens is 218 g/mol. The van der Waals surface area contributed by atoms with E-state index in [1.165, 1.54) is 0 Å². The van der Waals surface area contributed by atoms with E-state index in [2.05, 4.69) is 14.9 Å². The van der Waals surface area contributed by atoms with E-state index in [1.807, 2.05) is 0 Å². The van der Waals surface area contributed by atoms with Gasteiger partial charge >= 0.3 is 0 Å². The molecule has 4 N–H and O–H groups in total. The maximum atomic E-state index is 5.93. The Hall–Kier alpha value is -1.40. The van der Waals surface area contributed by atoms with E-state index in [9.17, 15) is 0 Å². The van der Waals surface area contributed by atoms with Gasteiger partial charge in [-0.05, 0) is 6.42 Å². The first-order chi connectivity index (χ1) is 8.24. The van der Waals surface area contributed by atoms with Crippen LogP contribution in [0.15, 0.2) is 0 Å². The van der Waals surface area contributed by atoms with Crippen molar-refractivity contribution < 1.29 is 4.74 Å². The number of hydrogen-bond acceptors (Lipinski definition) is 6. The topological polar surface area (TPSA) is 90.3 Å². The Morgan fingerprint density at radius 3 is 3.00 bits per heavy atom. The van der Waals surface area contributed by atoms with Crippen molar-refractivity contribution in [2.24, 2.45) is 5.73 Å². The molecule has 2 aliphatic heterocycles. The van der Waals surface area contributed by atoms with E-state index < -0.39 is 0 Å². The number of nitrogens with zero attached hydrogens (tertiary/aromatic N) is 3. The van der Waals surface area contributed by atoms with Gasteiger partial charge in [0.25, 0.3) is 0 Å². The van der Waals surface area contributed by atoms with Gasteiger partial charge in [-0.3, -0.25) is 0 Å². The molecule has 6 heteroatoms. The van der Waals surface area contributed by atoms with E-state index in [1.54, 1.807) is 0 Å². The van der Waals surface area contributed by atoms with Gasteiger partial charge in [-0.25, -0.2) is 4.98 Å². The van der Waals surface area contributed by atoms with Gasteiger partial charge in [-0.15, -0.1) is 0 Å². The molecule has 1 aromatic heterocycles. The number of rotatable bonds is 1. The summed E-state index contributed by atoms with van der Waals surface area (Å²) in [5, 5.41) is 0. The van der Waals surface area contributed by atoms with E-state index >= 15 is 0 Å². The third-order valence-electron chi connectivity index (χ3n) is 3.34. The first kappa shape index (κ1) is 10.7. The Labute approximate surface area is 100.0 Å². The van der Waals surface area contributed by atoms with Gasteiger partial charge in [0, 0.05) is 31.1 Å². The summed E-state index contributed by atoms with van der Waals surface area (Å²) >= 11 is 0. The summed E-state index contributed by atoms with van der Waals surface area (Å²) in [6, 6.07) is 0.228. The van der Waals surface area contributed by atoms with Gasteiger partial charge in [-0.2, -0.15) is 4.98 Å². The molecular formula is C11H17N5O. The monoisotopic (exact) mass is 235 g/mol. The smallest absolute Gasteiger partial charge is 0.222 e. The molecule has 1 atom stereocenters. The van der Waals surface area contributed by atoms with Gasteiger partial charge in [-0.1, -0.05) is 0 Å². The summed E-state index contributed by atoms with van der Waals surface area (Å²) < 4.78 is 5.48. The lowest BCUT2D eigenvalue weighted by atomic mass is 10.1. The van der Waals surface area contributed by atoms with Crippen LogP contribution in [0.1, 0.15) is 17.7 Å². The Kier molecular flexibility index (Phi) is 2.60. The molecule has 0 radical (unpaired) electrons. The molecule has 6 nitrogen and oxygen atoms in total. The second-order valence-electron chi connectivity index (χ2n) is 4.63. The average molecular weight is 235 g/mol.